The molecule has 0 bridgehead atoms. The van der Waals surface area contributed by atoms with E-state index in [0.29, 0.717) is 55.4 Å². The molecule has 0 saturated carbocycles. The molecule has 2 aromatic carbocycles. The van der Waals surface area contributed by atoms with E-state index in [1.807, 2.05) is 18.2 Å². The lowest BCUT2D eigenvalue weighted by Gasteiger charge is -2.27. The molecule has 0 unspecified atom stereocenters. The standard InChI is InChI=1S/C27H30N4O5S2/c1-28-26(33)24-22-11-12-30(17-19-5-3-2-4-6-19)18-23(22)37-27(24)29-25(32)20-7-9-21(10-8-20)38(34,35)31-13-15-36-16-14-31/h2-10H,11-18H2,1H3,(H,28,33)(H,29,32). The van der Waals surface area contributed by atoms with Gasteiger partial charge in [-0.05, 0) is 41.8 Å². The second kappa shape index (κ2) is 11.3. The Morgan fingerprint density at radius 1 is 0.974 bits per heavy atom. The lowest BCUT2D eigenvalue weighted by Crippen LogP contribution is -2.40. The fourth-order valence-corrected chi connectivity index (χ4v) is 7.47. The van der Waals surface area contributed by atoms with E-state index in [1.165, 1.54) is 45.5 Å². The molecule has 5 rings (SSSR count). The fraction of sp³-hybridized carbons (Fsp3) is 0.333. The summed E-state index contributed by atoms with van der Waals surface area (Å²) in [4.78, 5) is 29.5. The van der Waals surface area contributed by atoms with Gasteiger partial charge in [0.15, 0.2) is 0 Å². The van der Waals surface area contributed by atoms with Gasteiger partial charge in [0.05, 0.1) is 23.7 Å². The molecule has 0 radical (unpaired) electrons. The summed E-state index contributed by atoms with van der Waals surface area (Å²) in [6.07, 6.45) is 0.714. The minimum atomic E-state index is -3.65. The maximum absolute atomic E-state index is 13.1. The Bertz CT molecular complexity index is 1420. The van der Waals surface area contributed by atoms with Crippen molar-refractivity contribution in [1.82, 2.24) is 14.5 Å². The Labute approximate surface area is 226 Å². The van der Waals surface area contributed by atoms with E-state index in [9.17, 15) is 18.0 Å². The highest BCUT2D eigenvalue weighted by Crippen LogP contribution is 2.37. The smallest absolute Gasteiger partial charge is 0.256 e. The average molecular weight is 555 g/mol. The molecular weight excluding hydrogens is 524 g/mol. The van der Waals surface area contributed by atoms with Gasteiger partial charge in [0, 0.05) is 50.2 Å². The summed E-state index contributed by atoms with van der Waals surface area (Å²) >= 11 is 1.42. The predicted octanol–water partition coefficient (Wildman–Crippen LogP) is 2.94. The normalized spacial score (nSPS) is 16.6. The molecule has 0 spiro atoms. The Hall–Kier alpha value is -3.09. The zero-order chi connectivity index (χ0) is 26.7. The Morgan fingerprint density at radius 2 is 1.68 bits per heavy atom. The average Bonchev–Trinajstić information content (AvgIpc) is 3.30. The van der Waals surface area contributed by atoms with Crippen molar-refractivity contribution in [1.29, 1.82) is 0 Å². The monoisotopic (exact) mass is 554 g/mol. The zero-order valence-corrected chi connectivity index (χ0v) is 22.7. The van der Waals surface area contributed by atoms with Crippen LogP contribution in [0.15, 0.2) is 59.5 Å². The second-order valence-electron chi connectivity index (χ2n) is 9.23. The molecule has 0 atom stereocenters. The first-order chi connectivity index (χ1) is 18.4. The van der Waals surface area contributed by atoms with Gasteiger partial charge in [0.2, 0.25) is 10.0 Å². The van der Waals surface area contributed by atoms with Gasteiger partial charge in [-0.2, -0.15) is 4.31 Å². The summed E-state index contributed by atoms with van der Waals surface area (Å²) in [5, 5.41) is 6.11. The largest absolute Gasteiger partial charge is 0.379 e. The Kier molecular flexibility index (Phi) is 7.91. The van der Waals surface area contributed by atoms with Crippen molar-refractivity contribution in [2.75, 3.05) is 45.2 Å². The summed E-state index contributed by atoms with van der Waals surface area (Å²) in [7, 11) is -2.07. The van der Waals surface area contributed by atoms with Gasteiger partial charge in [-0.15, -0.1) is 11.3 Å². The van der Waals surface area contributed by atoms with Crippen molar-refractivity contribution in [3.8, 4) is 0 Å². The number of rotatable bonds is 7. The number of hydrogen-bond donors (Lipinski definition) is 2. The number of carbonyl (C=O) groups excluding carboxylic acids is 2. The number of anilines is 1. The van der Waals surface area contributed by atoms with E-state index in [4.69, 9.17) is 4.74 Å². The van der Waals surface area contributed by atoms with E-state index >= 15 is 0 Å². The fourth-order valence-electron chi connectivity index (χ4n) is 4.78. The van der Waals surface area contributed by atoms with Crippen LogP contribution in [0.1, 0.15) is 36.7 Å². The molecular formula is C27H30N4O5S2. The first kappa shape index (κ1) is 26.5. The number of nitrogens with zero attached hydrogens (tertiary/aromatic N) is 2. The summed E-state index contributed by atoms with van der Waals surface area (Å²) in [5.41, 5.74) is 3.02. The molecule has 2 amide bonds. The summed E-state index contributed by atoms with van der Waals surface area (Å²) in [6, 6.07) is 16.1. The summed E-state index contributed by atoms with van der Waals surface area (Å²) in [6.45, 7) is 3.66. The number of hydrogen-bond acceptors (Lipinski definition) is 7. The van der Waals surface area contributed by atoms with Gasteiger partial charge in [-0.25, -0.2) is 8.42 Å². The Balaban J connectivity index is 1.33. The SMILES string of the molecule is CNC(=O)c1c(NC(=O)c2ccc(S(=O)(=O)N3CCOCC3)cc2)sc2c1CCN(Cc1ccccc1)C2. The van der Waals surface area contributed by atoms with Gasteiger partial charge in [0.1, 0.15) is 5.00 Å². The van der Waals surface area contributed by atoms with E-state index in [-0.39, 0.29) is 10.8 Å². The lowest BCUT2D eigenvalue weighted by molar-refractivity contribution is 0.0730. The van der Waals surface area contributed by atoms with Gasteiger partial charge in [0.25, 0.3) is 11.8 Å². The Morgan fingerprint density at radius 3 is 2.37 bits per heavy atom. The topological polar surface area (TPSA) is 108 Å². The van der Waals surface area contributed by atoms with Gasteiger partial charge < -0.3 is 15.4 Å². The van der Waals surface area contributed by atoms with Crippen molar-refractivity contribution < 1.29 is 22.7 Å². The van der Waals surface area contributed by atoms with E-state index in [2.05, 4.69) is 27.7 Å². The van der Waals surface area contributed by atoms with Crippen molar-refractivity contribution in [2.24, 2.45) is 0 Å². The molecule has 1 fully saturated rings. The highest BCUT2D eigenvalue weighted by molar-refractivity contribution is 7.89. The number of amides is 2. The minimum absolute atomic E-state index is 0.132. The first-order valence-electron chi connectivity index (χ1n) is 12.5. The van der Waals surface area contributed by atoms with Crippen LogP contribution in [-0.2, 0) is 34.3 Å². The number of nitrogens with one attached hydrogen (secondary N) is 2. The molecule has 200 valence electrons. The highest BCUT2D eigenvalue weighted by atomic mass is 32.2. The molecule has 2 aliphatic rings. The van der Waals surface area contributed by atoms with Crippen LogP contribution < -0.4 is 10.6 Å². The quantitative estimate of drug-likeness (QED) is 0.465. The molecule has 0 aliphatic carbocycles. The molecule has 2 N–H and O–H groups in total. The number of morpholine rings is 1. The number of benzene rings is 2. The van der Waals surface area contributed by atoms with Gasteiger partial charge >= 0.3 is 0 Å². The lowest BCUT2D eigenvalue weighted by atomic mass is 10.0. The first-order valence-corrected chi connectivity index (χ1v) is 14.7. The number of fused-ring (bicyclic) bond motifs is 1. The van der Waals surface area contributed by atoms with Crippen LogP contribution in [0.4, 0.5) is 5.00 Å². The molecule has 11 heteroatoms. The van der Waals surface area contributed by atoms with Crippen molar-refractivity contribution in [2.45, 2.75) is 24.4 Å². The molecule has 9 nitrogen and oxygen atoms in total. The van der Waals surface area contributed by atoms with Crippen molar-refractivity contribution in [3.63, 3.8) is 0 Å². The maximum Gasteiger partial charge on any atom is 0.256 e. The molecule has 2 aliphatic heterocycles. The van der Waals surface area contributed by atoms with Crippen LogP contribution in [0.25, 0.3) is 0 Å². The second-order valence-corrected chi connectivity index (χ2v) is 12.3. The van der Waals surface area contributed by atoms with Crippen molar-refractivity contribution in [3.05, 3.63) is 81.7 Å². The van der Waals surface area contributed by atoms with Crippen LogP contribution >= 0.6 is 11.3 Å². The maximum atomic E-state index is 13.1. The number of thiophene rings is 1. The predicted molar refractivity (Wildman–Crippen MR) is 146 cm³/mol. The third-order valence-electron chi connectivity index (χ3n) is 6.79. The number of ether oxygens (including phenoxy) is 1. The van der Waals surface area contributed by atoms with Crippen LogP contribution in [0, 0.1) is 0 Å². The van der Waals surface area contributed by atoms with E-state index in [1.54, 1.807) is 7.05 Å². The van der Waals surface area contributed by atoms with E-state index < -0.39 is 15.9 Å². The third kappa shape index (κ3) is 5.52. The molecule has 1 saturated heterocycles. The summed E-state index contributed by atoms with van der Waals surface area (Å²) in [5.74, 6) is -0.633. The summed E-state index contributed by atoms with van der Waals surface area (Å²) < 4.78 is 32.4. The minimum Gasteiger partial charge on any atom is -0.379 e. The number of sulfonamides is 1. The van der Waals surface area contributed by atoms with Crippen LogP contribution in [0.3, 0.4) is 0 Å². The van der Waals surface area contributed by atoms with Gasteiger partial charge in [-0.3, -0.25) is 14.5 Å². The van der Waals surface area contributed by atoms with Crippen LogP contribution in [0.2, 0.25) is 0 Å². The third-order valence-corrected chi connectivity index (χ3v) is 9.84. The van der Waals surface area contributed by atoms with Crippen LogP contribution in [0.5, 0.6) is 0 Å². The zero-order valence-electron chi connectivity index (χ0n) is 21.1. The number of carbonyl (C=O) groups is 2. The van der Waals surface area contributed by atoms with Gasteiger partial charge in [-0.1, -0.05) is 30.3 Å². The molecule has 3 aromatic rings. The highest BCUT2D eigenvalue weighted by Gasteiger charge is 2.29. The molecule has 3 heterocycles. The van der Waals surface area contributed by atoms with E-state index in [0.717, 1.165) is 23.5 Å². The molecule has 38 heavy (non-hydrogen) atoms. The van der Waals surface area contributed by atoms with Crippen LogP contribution in [-0.4, -0.2) is 69.3 Å². The van der Waals surface area contributed by atoms with Crippen molar-refractivity contribution >= 4 is 38.2 Å². The molecule has 1 aromatic heterocycles.